The highest BCUT2D eigenvalue weighted by atomic mass is 79.9. The Morgan fingerprint density at radius 2 is 1.75 bits per heavy atom. The van der Waals surface area contributed by atoms with Gasteiger partial charge in [-0.15, -0.1) is 0 Å². The van der Waals surface area contributed by atoms with Gasteiger partial charge < -0.3 is 15.2 Å². The molecule has 0 aromatic heterocycles. The maximum atomic E-state index is 14.7. The zero-order valence-electron chi connectivity index (χ0n) is 17.5. The van der Waals surface area contributed by atoms with Gasteiger partial charge in [0.05, 0.1) is 47.5 Å². The van der Waals surface area contributed by atoms with Crippen molar-refractivity contribution in [1.29, 1.82) is 5.26 Å². The molecule has 2 aromatic carbocycles. The Hall–Kier alpha value is -3.64. The zero-order chi connectivity index (χ0) is 23.6. The first kappa shape index (κ1) is 23.0. The smallest absolute Gasteiger partial charge is 0.355 e. The Kier molecular flexibility index (Phi) is 6.65. The number of rotatable bonds is 4. The van der Waals surface area contributed by atoms with Gasteiger partial charge in [0.25, 0.3) is 0 Å². The molecule has 1 unspecified atom stereocenters. The molecule has 0 saturated heterocycles. The van der Waals surface area contributed by atoms with Gasteiger partial charge in [-0.2, -0.15) is 5.26 Å². The largest absolute Gasteiger partial charge is 0.466 e. The van der Waals surface area contributed by atoms with E-state index in [1.54, 1.807) is 30.3 Å². The SMILES string of the molecule is COC(=O)C1=C(C(=O)OC)N(c2ccc(Br)c(F)c2C)C(N)=C(C#N)C1c1ccccc1. The fourth-order valence-electron chi connectivity index (χ4n) is 3.65. The molecule has 2 N–H and O–H groups in total. The summed E-state index contributed by atoms with van der Waals surface area (Å²) in [5, 5.41) is 9.99. The molecular formula is C23H19BrFN3O4. The second kappa shape index (κ2) is 9.24. The average Bonchev–Trinajstić information content (AvgIpc) is 2.81. The Morgan fingerprint density at radius 1 is 1.12 bits per heavy atom. The lowest BCUT2D eigenvalue weighted by Gasteiger charge is -2.36. The standard InChI is InChI=1S/C23H19BrFN3O4/c1-12-16(10-9-15(24)19(12)25)28-20(23(30)32-3)18(22(29)31-2)17(14(11-26)21(28)27)13-7-5-4-6-8-13/h4-10,17H,27H2,1-3H3. The molecule has 3 rings (SSSR count). The lowest BCUT2D eigenvalue weighted by Crippen LogP contribution is -2.41. The first-order valence-corrected chi connectivity index (χ1v) is 10.2. The van der Waals surface area contributed by atoms with Crippen LogP contribution in [-0.2, 0) is 19.1 Å². The number of hydrogen-bond donors (Lipinski definition) is 1. The molecule has 9 heteroatoms. The molecule has 1 aliphatic rings. The third-order valence-corrected chi connectivity index (χ3v) is 5.77. The van der Waals surface area contributed by atoms with Gasteiger partial charge in [-0.1, -0.05) is 30.3 Å². The molecule has 32 heavy (non-hydrogen) atoms. The molecule has 1 heterocycles. The Balaban J connectivity index is 2.46. The van der Waals surface area contributed by atoms with E-state index >= 15 is 0 Å². The van der Waals surface area contributed by atoms with Crippen LogP contribution in [-0.4, -0.2) is 26.2 Å². The third-order valence-electron chi connectivity index (χ3n) is 5.16. The van der Waals surface area contributed by atoms with Crippen molar-refractivity contribution in [2.75, 3.05) is 19.1 Å². The second-order valence-electron chi connectivity index (χ2n) is 6.84. The minimum absolute atomic E-state index is 0.00646. The van der Waals surface area contributed by atoms with E-state index in [9.17, 15) is 19.2 Å². The number of halogens is 2. The maximum absolute atomic E-state index is 14.7. The molecule has 1 atom stereocenters. The highest BCUT2D eigenvalue weighted by Gasteiger charge is 2.43. The lowest BCUT2D eigenvalue weighted by molar-refractivity contribution is -0.139. The van der Waals surface area contributed by atoms with E-state index in [4.69, 9.17) is 15.2 Å². The molecule has 0 amide bonds. The van der Waals surface area contributed by atoms with Gasteiger partial charge >= 0.3 is 11.9 Å². The van der Waals surface area contributed by atoms with Crippen molar-refractivity contribution in [3.63, 3.8) is 0 Å². The minimum Gasteiger partial charge on any atom is -0.466 e. The predicted molar refractivity (Wildman–Crippen MR) is 118 cm³/mol. The summed E-state index contributed by atoms with van der Waals surface area (Å²) in [5.41, 5.74) is 6.86. The van der Waals surface area contributed by atoms with Crippen molar-refractivity contribution < 1.29 is 23.5 Å². The number of anilines is 1. The highest BCUT2D eigenvalue weighted by molar-refractivity contribution is 9.10. The van der Waals surface area contributed by atoms with Gasteiger partial charge in [-0.05, 0) is 40.5 Å². The van der Waals surface area contributed by atoms with Gasteiger partial charge in [-0.25, -0.2) is 14.0 Å². The number of esters is 2. The molecule has 0 fully saturated rings. The number of carbonyl (C=O) groups is 2. The van der Waals surface area contributed by atoms with Crippen molar-refractivity contribution in [1.82, 2.24) is 0 Å². The van der Waals surface area contributed by atoms with Crippen molar-refractivity contribution >= 4 is 33.6 Å². The number of nitrogens with zero attached hydrogens (tertiary/aromatic N) is 2. The van der Waals surface area contributed by atoms with Crippen molar-refractivity contribution in [2.24, 2.45) is 5.73 Å². The number of benzene rings is 2. The maximum Gasteiger partial charge on any atom is 0.355 e. The monoisotopic (exact) mass is 499 g/mol. The number of carbonyl (C=O) groups excluding carboxylic acids is 2. The molecule has 2 aromatic rings. The zero-order valence-corrected chi connectivity index (χ0v) is 19.1. The minimum atomic E-state index is -0.986. The highest BCUT2D eigenvalue weighted by Crippen LogP contribution is 2.44. The van der Waals surface area contributed by atoms with Crippen LogP contribution in [0.25, 0.3) is 0 Å². The van der Waals surface area contributed by atoms with E-state index in [-0.39, 0.29) is 38.4 Å². The number of methoxy groups -OCH3 is 2. The fraction of sp³-hybridized carbons (Fsp3) is 0.174. The molecule has 0 aliphatic carbocycles. The summed E-state index contributed by atoms with van der Waals surface area (Å²) in [6.45, 7) is 1.49. The van der Waals surface area contributed by atoms with Crippen molar-refractivity contribution in [3.05, 3.63) is 86.5 Å². The molecule has 164 valence electrons. The van der Waals surface area contributed by atoms with Crippen LogP contribution in [0.3, 0.4) is 0 Å². The number of nitriles is 1. The summed E-state index contributed by atoms with van der Waals surface area (Å²) in [4.78, 5) is 27.1. The third kappa shape index (κ3) is 3.74. The Labute approximate surface area is 192 Å². The Morgan fingerprint density at radius 3 is 2.31 bits per heavy atom. The topological polar surface area (TPSA) is 106 Å². The summed E-state index contributed by atoms with van der Waals surface area (Å²) >= 11 is 3.12. The van der Waals surface area contributed by atoms with Gasteiger partial charge in [0.1, 0.15) is 17.3 Å². The van der Waals surface area contributed by atoms with E-state index < -0.39 is 23.7 Å². The predicted octanol–water partition coefficient (Wildman–Crippen LogP) is 3.79. The van der Waals surface area contributed by atoms with Gasteiger partial charge in [-0.3, -0.25) is 4.90 Å². The van der Waals surface area contributed by atoms with Crippen LogP contribution in [0.1, 0.15) is 17.0 Å². The summed E-state index contributed by atoms with van der Waals surface area (Å²) in [5.74, 6) is -3.43. The molecule has 1 aliphatic heterocycles. The number of nitrogens with two attached hydrogens (primary N) is 1. The van der Waals surface area contributed by atoms with Crippen LogP contribution in [0.2, 0.25) is 0 Å². The normalized spacial score (nSPS) is 16.0. The molecule has 7 nitrogen and oxygen atoms in total. The lowest BCUT2D eigenvalue weighted by atomic mass is 9.80. The van der Waals surface area contributed by atoms with Crippen molar-refractivity contribution in [3.8, 4) is 6.07 Å². The van der Waals surface area contributed by atoms with Crippen LogP contribution in [0.5, 0.6) is 0 Å². The van der Waals surface area contributed by atoms with Crippen LogP contribution in [0.4, 0.5) is 10.1 Å². The number of ether oxygens (including phenoxy) is 2. The van der Waals surface area contributed by atoms with Crippen LogP contribution < -0.4 is 10.6 Å². The summed E-state index contributed by atoms with van der Waals surface area (Å²) in [7, 11) is 2.31. The van der Waals surface area contributed by atoms with Gasteiger partial charge in [0.2, 0.25) is 0 Å². The van der Waals surface area contributed by atoms with Gasteiger partial charge in [0.15, 0.2) is 0 Å². The van der Waals surface area contributed by atoms with Crippen LogP contribution >= 0.6 is 15.9 Å². The summed E-state index contributed by atoms with van der Waals surface area (Å²) < 4.78 is 24.8. The van der Waals surface area contributed by atoms with E-state index in [2.05, 4.69) is 15.9 Å². The second-order valence-corrected chi connectivity index (χ2v) is 7.70. The number of allylic oxidation sites excluding steroid dienone is 1. The molecule has 0 bridgehead atoms. The van der Waals surface area contributed by atoms with E-state index in [0.29, 0.717) is 5.56 Å². The van der Waals surface area contributed by atoms with Gasteiger partial charge in [0, 0.05) is 5.56 Å². The van der Waals surface area contributed by atoms with E-state index in [1.165, 1.54) is 24.0 Å². The molecule has 0 radical (unpaired) electrons. The first-order valence-electron chi connectivity index (χ1n) is 9.38. The Bertz CT molecular complexity index is 1200. The first-order chi connectivity index (χ1) is 15.3. The summed E-state index contributed by atoms with van der Waals surface area (Å²) in [6, 6.07) is 13.6. The van der Waals surface area contributed by atoms with Crippen LogP contribution in [0.15, 0.2) is 69.6 Å². The van der Waals surface area contributed by atoms with Crippen LogP contribution in [0, 0.1) is 24.1 Å². The van der Waals surface area contributed by atoms with E-state index in [1.807, 2.05) is 6.07 Å². The molecule has 0 spiro atoms. The fourth-order valence-corrected chi connectivity index (χ4v) is 4.08. The number of hydrogen-bond acceptors (Lipinski definition) is 7. The molecule has 0 saturated carbocycles. The quantitative estimate of drug-likeness (QED) is 0.637. The van der Waals surface area contributed by atoms with E-state index in [0.717, 1.165) is 14.2 Å². The molecular weight excluding hydrogens is 481 g/mol. The van der Waals surface area contributed by atoms with Crippen molar-refractivity contribution in [2.45, 2.75) is 12.8 Å². The summed E-state index contributed by atoms with van der Waals surface area (Å²) in [6.07, 6.45) is 0. The average molecular weight is 500 g/mol.